The number of hydrogen-bond donors (Lipinski definition) is 2. The minimum atomic E-state index is 0.167. The zero-order chi connectivity index (χ0) is 13.4. The van der Waals surface area contributed by atoms with E-state index in [4.69, 9.17) is 4.74 Å². The topological polar surface area (TPSA) is 62.7 Å². The summed E-state index contributed by atoms with van der Waals surface area (Å²) < 4.78 is 5.25. The smallest absolute Gasteiger partial charge is 0.220 e. The van der Waals surface area contributed by atoms with Gasteiger partial charge in [0.25, 0.3) is 0 Å². The summed E-state index contributed by atoms with van der Waals surface area (Å²) in [5.74, 6) is 0.965. The van der Waals surface area contributed by atoms with E-state index in [9.17, 15) is 4.79 Å². The first-order valence-corrected chi connectivity index (χ1v) is 6.79. The molecule has 0 spiro atoms. The molecule has 1 aliphatic rings. The van der Waals surface area contributed by atoms with Gasteiger partial charge in [-0.15, -0.1) is 0 Å². The van der Waals surface area contributed by atoms with Crippen molar-refractivity contribution in [2.45, 2.75) is 51.6 Å². The van der Waals surface area contributed by atoms with Crippen LogP contribution in [0.2, 0.25) is 0 Å². The van der Waals surface area contributed by atoms with Crippen molar-refractivity contribution < 1.29 is 9.53 Å². The molecule has 5 heteroatoms. The van der Waals surface area contributed by atoms with E-state index >= 15 is 0 Å². The molecule has 5 nitrogen and oxygen atoms in total. The van der Waals surface area contributed by atoms with Crippen LogP contribution in [0.1, 0.15) is 39.5 Å². The SMILES string of the molecule is CC/N=C(\CC(CC)NC[C@@H]1CCC(=O)N1)OC. The van der Waals surface area contributed by atoms with Crippen molar-refractivity contribution in [1.29, 1.82) is 0 Å². The quantitative estimate of drug-likeness (QED) is 0.529. The van der Waals surface area contributed by atoms with Crippen LogP contribution < -0.4 is 10.6 Å². The molecule has 18 heavy (non-hydrogen) atoms. The Balaban J connectivity index is 2.32. The van der Waals surface area contributed by atoms with Gasteiger partial charge >= 0.3 is 0 Å². The Hall–Kier alpha value is -1.10. The Bertz CT molecular complexity index is 292. The highest BCUT2D eigenvalue weighted by Gasteiger charge is 2.21. The highest BCUT2D eigenvalue weighted by atomic mass is 16.5. The van der Waals surface area contributed by atoms with E-state index in [0.717, 1.165) is 38.2 Å². The van der Waals surface area contributed by atoms with Gasteiger partial charge in [0, 0.05) is 38.0 Å². The third kappa shape index (κ3) is 5.04. The van der Waals surface area contributed by atoms with Crippen LogP contribution in [-0.4, -0.2) is 44.1 Å². The second-order valence-corrected chi connectivity index (χ2v) is 4.59. The minimum absolute atomic E-state index is 0.167. The lowest BCUT2D eigenvalue weighted by Crippen LogP contribution is -2.41. The molecule has 2 atom stereocenters. The molecule has 0 radical (unpaired) electrons. The van der Waals surface area contributed by atoms with E-state index in [-0.39, 0.29) is 11.9 Å². The van der Waals surface area contributed by atoms with Crippen molar-refractivity contribution in [2.75, 3.05) is 20.2 Å². The summed E-state index contributed by atoms with van der Waals surface area (Å²) in [7, 11) is 1.67. The number of rotatable bonds is 7. The van der Waals surface area contributed by atoms with Gasteiger partial charge in [0.05, 0.1) is 7.11 Å². The van der Waals surface area contributed by atoms with Gasteiger partial charge in [-0.05, 0) is 19.8 Å². The molecule has 1 saturated heterocycles. The second kappa shape index (κ2) is 8.08. The molecule has 0 aromatic heterocycles. The van der Waals surface area contributed by atoms with Gasteiger partial charge in [-0.2, -0.15) is 0 Å². The standard InChI is InChI=1S/C13H25N3O2/c1-4-10(8-13(18-3)14-5-2)15-9-11-6-7-12(17)16-11/h10-11,15H,4-9H2,1-3H3,(H,16,17)/b14-13+/t10?,11-/m0/s1. The van der Waals surface area contributed by atoms with Crippen LogP contribution in [0.4, 0.5) is 0 Å². The van der Waals surface area contributed by atoms with E-state index in [0.29, 0.717) is 12.5 Å². The van der Waals surface area contributed by atoms with Crippen molar-refractivity contribution in [3.05, 3.63) is 0 Å². The Morgan fingerprint density at radius 3 is 2.89 bits per heavy atom. The molecule has 1 rings (SSSR count). The molecule has 0 aliphatic carbocycles. The summed E-state index contributed by atoms with van der Waals surface area (Å²) >= 11 is 0. The fourth-order valence-corrected chi connectivity index (χ4v) is 2.10. The van der Waals surface area contributed by atoms with Crippen LogP contribution in [0.15, 0.2) is 4.99 Å². The lowest BCUT2D eigenvalue weighted by Gasteiger charge is -2.20. The zero-order valence-electron chi connectivity index (χ0n) is 11.7. The predicted molar refractivity (Wildman–Crippen MR) is 72.8 cm³/mol. The highest BCUT2D eigenvalue weighted by Crippen LogP contribution is 2.07. The monoisotopic (exact) mass is 255 g/mol. The van der Waals surface area contributed by atoms with Crippen LogP contribution >= 0.6 is 0 Å². The fraction of sp³-hybridized carbons (Fsp3) is 0.846. The zero-order valence-corrected chi connectivity index (χ0v) is 11.7. The number of methoxy groups -OCH3 is 1. The first kappa shape index (κ1) is 15.0. The first-order chi connectivity index (χ1) is 8.69. The van der Waals surface area contributed by atoms with E-state index in [2.05, 4.69) is 22.5 Å². The Kier molecular flexibility index (Phi) is 6.72. The summed E-state index contributed by atoms with van der Waals surface area (Å²) in [5, 5.41) is 6.44. The van der Waals surface area contributed by atoms with Crippen LogP contribution in [0.25, 0.3) is 0 Å². The molecule has 0 aromatic carbocycles. The van der Waals surface area contributed by atoms with Crippen LogP contribution in [0, 0.1) is 0 Å². The maximum Gasteiger partial charge on any atom is 0.220 e. The lowest BCUT2D eigenvalue weighted by atomic mass is 10.1. The molecule has 2 N–H and O–H groups in total. The minimum Gasteiger partial charge on any atom is -0.484 e. The van der Waals surface area contributed by atoms with E-state index in [1.165, 1.54) is 0 Å². The summed E-state index contributed by atoms with van der Waals surface area (Å²) in [6, 6.07) is 0.633. The number of aliphatic imine (C=N–C) groups is 1. The lowest BCUT2D eigenvalue weighted by molar-refractivity contribution is -0.119. The van der Waals surface area contributed by atoms with Crippen molar-refractivity contribution in [2.24, 2.45) is 4.99 Å². The maximum absolute atomic E-state index is 11.1. The molecule has 1 fully saturated rings. The average molecular weight is 255 g/mol. The average Bonchev–Trinajstić information content (AvgIpc) is 2.79. The van der Waals surface area contributed by atoms with E-state index in [1.54, 1.807) is 7.11 Å². The van der Waals surface area contributed by atoms with E-state index < -0.39 is 0 Å². The molecule has 0 aromatic rings. The first-order valence-electron chi connectivity index (χ1n) is 6.79. The second-order valence-electron chi connectivity index (χ2n) is 4.59. The summed E-state index contributed by atoms with van der Waals surface area (Å²) in [6.45, 7) is 5.72. The van der Waals surface area contributed by atoms with Crippen molar-refractivity contribution >= 4 is 11.8 Å². The van der Waals surface area contributed by atoms with Crippen molar-refractivity contribution in [1.82, 2.24) is 10.6 Å². The molecule has 1 unspecified atom stereocenters. The van der Waals surface area contributed by atoms with Gasteiger partial charge in [0.15, 0.2) is 5.90 Å². The molecule has 1 aliphatic heterocycles. The molecule has 0 bridgehead atoms. The van der Waals surface area contributed by atoms with Gasteiger partial charge in [0.1, 0.15) is 0 Å². The number of ether oxygens (including phenoxy) is 1. The van der Waals surface area contributed by atoms with Gasteiger partial charge in [-0.25, -0.2) is 0 Å². The number of hydrogen-bond acceptors (Lipinski definition) is 4. The van der Waals surface area contributed by atoms with Crippen molar-refractivity contribution in [3.63, 3.8) is 0 Å². The van der Waals surface area contributed by atoms with Crippen LogP contribution in [-0.2, 0) is 9.53 Å². The largest absolute Gasteiger partial charge is 0.484 e. The molecule has 1 amide bonds. The Morgan fingerprint density at radius 1 is 1.61 bits per heavy atom. The normalized spacial score (nSPS) is 21.8. The third-order valence-corrected chi connectivity index (χ3v) is 3.22. The molecular weight excluding hydrogens is 230 g/mol. The summed E-state index contributed by atoms with van der Waals surface area (Å²) in [4.78, 5) is 15.4. The molecule has 0 saturated carbocycles. The number of nitrogens with one attached hydrogen (secondary N) is 2. The summed E-state index contributed by atoms with van der Waals surface area (Å²) in [5.41, 5.74) is 0. The fourth-order valence-electron chi connectivity index (χ4n) is 2.10. The van der Waals surface area contributed by atoms with Crippen LogP contribution in [0.5, 0.6) is 0 Å². The third-order valence-electron chi connectivity index (χ3n) is 3.22. The van der Waals surface area contributed by atoms with Gasteiger partial charge in [0.2, 0.25) is 5.91 Å². The van der Waals surface area contributed by atoms with Gasteiger partial charge < -0.3 is 15.4 Å². The van der Waals surface area contributed by atoms with E-state index in [1.807, 2.05) is 6.92 Å². The molecule has 104 valence electrons. The van der Waals surface area contributed by atoms with Crippen molar-refractivity contribution in [3.8, 4) is 0 Å². The number of nitrogens with zero attached hydrogens (tertiary/aromatic N) is 1. The number of carbonyl (C=O) groups excluding carboxylic acids is 1. The highest BCUT2D eigenvalue weighted by molar-refractivity contribution is 5.78. The maximum atomic E-state index is 11.1. The Labute approximate surface area is 109 Å². The Morgan fingerprint density at radius 2 is 2.39 bits per heavy atom. The van der Waals surface area contributed by atoms with Gasteiger partial charge in [-0.3, -0.25) is 9.79 Å². The van der Waals surface area contributed by atoms with Crippen LogP contribution in [0.3, 0.4) is 0 Å². The predicted octanol–water partition coefficient (Wildman–Crippen LogP) is 1.09. The molecular formula is C13H25N3O2. The number of carbonyl (C=O) groups is 1. The summed E-state index contributed by atoms with van der Waals surface area (Å²) in [6.07, 6.45) is 3.42. The number of amides is 1. The molecule has 1 heterocycles. The van der Waals surface area contributed by atoms with Gasteiger partial charge in [-0.1, -0.05) is 6.92 Å².